The average molecular weight is 262 g/mol. The quantitative estimate of drug-likeness (QED) is 0.742. The Morgan fingerprint density at radius 2 is 1.78 bits per heavy atom. The number of benzene rings is 1. The van der Waals surface area contributed by atoms with Crippen LogP contribution in [-0.2, 0) is 6.54 Å². The lowest BCUT2D eigenvalue weighted by Crippen LogP contribution is -2.17. The van der Waals surface area contributed by atoms with Gasteiger partial charge >= 0.3 is 6.36 Å². The molecule has 0 amide bonds. The largest absolute Gasteiger partial charge is 0.573 e. The van der Waals surface area contributed by atoms with Crippen LogP contribution >= 0.6 is 0 Å². The molecule has 102 valence electrons. The van der Waals surface area contributed by atoms with Gasteiger partial charge in [0.25, 0.3) is 0 Å². The van der Waals surface area contributed by atoms with Crippen molar-refractivity contribution in [3.05, 3.63) is 29.8 Å². The van der Waals surface area contributed by atoms with Gasteiger partial charge in [0.1, 0.15) is 5.75 Å². The summed E-state index contributed by atoms with van der Waals surface area (Å²) in [4.78, 5) is 0. The topological polar surface area (TPSA) is 47.3 Å². The molecule has 0 saturated carbocycles. The number of hydrogen-bond acceptors (Lipinski definition) is 3. The monoisotopic (exact) mass is 262 g/mol. The van der Waals surface area contributed by atoms with Gasteiger partial charge in [0.05, 0.1) is 0 Å². The first-order valence-electron chi connectivity index (χ1n) is 5.77. The molecule has 3 nitrogen and oxygen atoms in total. The minimum atomic E-state index is -4.64. The van der Waals surface area contributed by atoms with Crippen LogP contribution in [-0.4, -0.2) is 19.5 Å². The molecule has 1 aromatic rings. The van der Waals surface area contributed by atoms with Crippen LogP contribution in [0.4, 0.5) is 13.2 Å². The predicted molar refractivity (Wildman–Crippen MR) is 63.1 cm³/mol. The Morgan fingerprint density at radius 1 is 1.11 bits per heavy atom. The summed E-state index contributed by atoms with van der Waals surface area (Å²) < 4.78 is 39.5. The third kappa shape index (κ3) is 6.46. The molecule has 0 fully saturated rings. The Kier molecular flexibility index (Phi) is 5.94. The third-order valence-electron chi connectivity index (χ3n) is 2.29. The molecule has 1 aromatic carbocycles. The molecule has 0 spiro atoms. The first-order chi connectivity index (χ1) is 8.51. The highest BCUT2D eigenvalue weighted by molar-refractivity contribution is 5.27. The maximum Gasteiger partial charge on any atom is 0.573 e. The van der Waals surface area contributed by atoms with Crippen molar-refractivity contribution in [3.63, 3.8) is 0 Å². The van der Waals surface area contributed by atoms with E-state index in [4.69, 9.17) is 5.73 Å². The van der Waals surface area contributed by atoms with Gasteiger partial charge in [-0.3, -0.25) is 0 Å². The molecule has 0 unspecified atom stereocenters. The van der Waals surface area contributed by atoms with Crippen LogP contribution in [0.1, 0.15) is 18.4 Å². The van der Waals surface area contributed by atoms with E-state index in [1.165, 1.54) is 12.1 Å². The van der Waals surface area contributed by atoms with Crippen molar-refractivity contribution in [2.24, 2.45) is 5.73 Å². The first-order valence-corrected chi connectivity index (χ1v) is 5.77. The maximum absolute atomic E-state index is 11.9. The number of halogens is 3. The number of ether oxygens (including phenoxy) is 1. The number of alkyl halides is 3. The summed E-state index contributed by atoms with van der Waals surface area (Å²) >= 11 is 0. The van der Waals surface area contributed by atoms with Crippen LogP contribution < -0.4 is 15.8 Å². The van der Waals surface area contributed by atoms with Crippen molar-refractivity contribution >= 4 is 0 Å². The minimum absolute atomic E-state index is 0.200. The zero-order valence-electron chi connectivity index (χ0n) is 9.96. The van der Waals surface area contributed by atoms with Gasteiger partial charge in [-0.1, -0.05) is 12.1 Å². The molecule has 0 heterocycles. The third-order valence-corrected chi connectivity index (χ3v) is 2.29. The summed E-state index contributed by atoms with van der Waals surface area (Å²) in [5.41, 5.74) is 6.27. The van der Waals surface area contributed by atoms with E-state index in [-0.39, 0.29) is 5.75 Å². The van der Waals surface area contributed by atoms with Gasteiger partial charge in [-0.05, 0) is 43.6 Å². The van der Waals surface area contributed by atoms with E-state index < -0.39 is 6.36 Å². The summed E-state index contributed by atoms with van der Waals surface area (Å²) in [6.45, 7) is 2.14. The lowest BCUT2D eigenvalue weighted by atomic mass is 10.2. The molecule has 0 radical (unpaired) electrons. The van der Waals surface area contributed by atoms with Gasteiger partial charge in [0.15, 0.2) is 0 Å². The van der Waals surface area contributed by atoms with Gasteiger partial charge in [0.2, 0.25) is 0 Å². The van der Waals surface area contributed by atoms with E-state index in [0.29, 0.717) is 13.1 Å². The fourth-order valence-corrected chi connectivity index (χ4v) is 1.44. The number of unbranched alkanes of at least 4 members (excludes halogenated alkanes) is 1. The summed E-state index contributed by atoms with van der Waals surface area (Å²) in [6, 6.07) is 5.84. The Balaban J connectivity index is 2.32. The Bertz CT molecular complexity index is 338. The molecular weight excluding hydrogens is 245 g/mol. The van der Waals surface area contributed by atoms with Gasteiger partial charge < -0.3 is 15.8 Å². The van der Waals surface area contributed by atoms with Crippen molar-refractivity contribution in [1.29, 1.82) is 0 Å². The highest BCUT2D eigenvalue weighted by Gasteiger charge is 2.30. The summed E-state index contributed by atoms with van der Waals surface area (Å²) in [7, 11) is 0. The van der Waals surface area contributed by atoms with Crippen molar-refractivity contribution < 1.29 is 17.9 Å². The molecule has 0 aliphatic rings. The van der Waals surface area contributed by atoms with Crippen LogP contribution in [0.25, 0.3) is 0 Å². The fraction of sp³-hybridized carbons (Fsp3) is 0.500. The Labute approximate surface area is 104 Å². The molecule has 0 aliphatic heterocycles. The van der Waals surface area contributed by atoms with E-state index >= 15 is 0 Å². The van der Waals surface area contributed by atoms with E-state index in [2.05, 4.69) is 10.1 Å². The van der Waals surface area contributed by atoms with Crippen molar-refractivity contribution in [2.45, 2.75) is 25.7 Å². The van der Waals surface area contributed by atoms with Crippen LogP contribution in [0.15, 0.2) is 24.3 Å². The van der Waals surface area contributed by atoms with Gasteiger partial charge in [-0.2, -0.15) is 0 Å². The smallest absolute Gasteiger partial charge is 0.406 e. The van der Waals surface area contributed by atoms with Gasteiger partial charge in [0, 0.05) is 6.54 Å². The predicted octanol–water partition coefficient (Wildman–Crippen LogP) is 2.41. The van der Waals surface area contributed by atoms with Gasteiger partial charge in [-0.15, -0.1) is 13.2 Å². The normalized spacial score (nSPS) is 11.6. The molecule has 0 bridgehead atoms. The lowest BCUT2D eigenvalue weighted by Gasteiger charge is -2.09. The minimum Gasteiger partial charge on any atom is -0.406 e. The summed E-state index contributed by atoms with van der Waals surface area (Å²) in [6.07, 6.45) is -2.68. The maximum atomic E-state index is 11.9. The van der Waals surface area contributed by atoms with E-state index in [0.717, 1.165) is 24.9 Å². The zero-order valence-corrected chi connectivity index (χ0v) is 9.96. The molecule has 0 aliphatic carbocycles. The molecule has 6 heteroatoms. The molecule has 0 aromatic heterocycles. The second-order valence-electron chi connectivity index (χ2n) is 3.86. The lowest BCUT2D eigenvalue weighted by molar-refractivity contribution is -0.274. The Morgan fingerprint density at radius 3 is 2.33 bits per heavy atom. The number of nitrogens with two attached hydrogens (primary N) is 1. The highest BCUT2D eigenvalue weighted by Crippen LogP contribution is 2.22. The van der Waals surface area contributed by atoms with Crippen molar-refractivity contribution in [2.75, 3.05) is 13.1 Å². The number of nitrogens with one attached hydrogen (secondary N) is 1. The van der Waals surface area contributed by atoms with E-state index in [9.17, 15) is 13.2 Å². The Hall–Kier alpha value is -1.27. The van der Waals surface area contributed by atoms with Crippen LogP contribution in [0.2, 0.25) is 0 Å². The van der Waals surface area contributed by atoms with E-state index in [1.807, 2.05) is 0 Å². The van der Waals surface area contributed by atoms with Crippen LogP contribution in [0.5, 0.6) is 5.75 Å². The molecule has 1 rings (SSSR count). The summed E-state index contributed by atoms with van der Waals surface area (Å²) in [5.74, 6) is -0.200. The standard InChI is InChI=1S/C12H17F3N2O/c13-12(14,15)18-11-5-3-10(4-6-11)9-17-8-2-1-7-16/h3-6,17H,1-2,7-9,16H2. The zero-order chi connectivity index (χ0) is 13.4. The first kappa shape index (κ1) is 14.8. The van der Waals surface area contributed by atoms with E-state index in [1.54, 1.807) is 12.1 Å². The van der Waals surface area contributed by atoms with Gasteiger partial charge in [-0.25, -0.2) is 0 Å². The van der Waals surface area contributed by atoms with Crippen molar-refractivity contribution in [1.82, 2.24) is 5.32 Å². The number of hydrogen-bond donors (Lipinski definition) is 2. The molecule has 18 heavy (non-hydrogen) atoms. The SMILES string of the molecule is NCCCCNCc1ccc(OC(F)(F)F)cc1. The molecule has 0 atom stereocenters. The fourth-order valence-electron chi connectivity index (χ4n) is 1.44. The average Bonchev–Trinajstić information content (AvgIpc) is 2.29. The molecule has 0 saturated heterocycles. The van der Waals surface area contributed by atoms with Crippen LogP contribution in [0.3, 0.4) is 0 Å². The molecular formula is C12H17F3N2O. The number of rotatable bonds is 7. The van der Waals surface area contributed by atoms with Crippen molar-refractivity contribution in [3.8, 4) is 5.75 Å². The highest BCUT2D eigenvalue weighted by atomic mass is 19.4. The second-order valence-corrected chi connectivity index (χ2v) is 3.86. The second kappa shape index (κ2) is 7.23. The molecule has 3 N–H and O–H groups in total. The van der Waals surface area contributed by atoms with Crippen LogP contribution in [0, 0.1) is 0 Å². The summed E-state index contributed by atoms with van der Waals surface area (Å²) in [5, 5.41) is 3.19.